The highest BCUT2D eigenvalue weighted by Gasteiger charge is 2.79. The van der Waals surface area contributed by atoms with Gasteiger partial charge in [0, 0.05) is 23.9 Å². The Morgan fingerprint density at radius 2 is 1.85 bits per heavy atom. The number of halogens is 1. The summed E-state index contributed by atoms with van der Waals surface area (Å²) in [5.41, 5.74) is -1.45. The summed E-state index contributed by atoms with van der Waals surface area (Å²) in [7, 11) is -4.77. The monoisotopic (exact) mass is 474 g/mol. The Morgan fingerprint density at radius 3 is 2.55 bits per heavy atom. The van der Waals surface area contributed by atoms with Crippen molar-refractivity contribution in [2.24, 2.45) is 5.92 Å². The van der Waals surface area contributed by atoms with Crippen LogP contribution in [0, 0.1) is 5.92 Å². The van der Waals surface area contributed by atoms with E-state index in [0.717, 1.165) is 13.1 Å². The van der Waals surface area contributed by atoms with E-state index in [1.807, 2.05) is 19.9 Å². The summed E-state index contributed by atoms with van der Waals surface area (Å²) in [6.45, 7) is 6.27. The zero-order chi connectivity index (χ0) is 23.8. The lowest BCUT2D eigenvalue weighted by Crippen LogP contribution is -2.45. The van der Waals surface area contributed by atoms with Crippen LogP contribution in [0.2, 0.25) is 0 Å². The van der Waals surface area contributed by atoms with Crippen LogP contribution in [0.4, 0.5) is 4.48 Å². The van der Waals surface area contributed by atoms with Crippen molar-refractivity contribution in [1.82, 2.24) is 9.43 Å². The second-order valence-electron chi connectivity index (χ2n) is 8.21. The molecular formula is C24H27FN2O5S. The Morgan fingerprint density at radius 1 is 1.18 bits per heavy atom. The minimum absolute atomic E-state index is 0.0741. The van der Waals surface area contributed by atoms with Crippen LogP contribution in [0.15, 0.2) is 59.5 Å². The predicted octanol–water partition coefficient (Wildman–Crippen LogP) is 3.55. The molecule has 0 spiro atoms. The van der Waals surface area contributed by atoms with Crippen molar-refractivity contribution in [1.29, 1.82) is 0 Å². The Balaban J connectivity index is 1.70. The van der Waals surface area contributed by atoms with Crippen LogP contribution in [0.3, 0.4) is 0 Å². The number of aliphatic carboxylic acids is 1. The van der Waals surface area contributed by atoms with Gasteiger partial charge in [-0.15, -0.1) is 4.48 Å². The SMILES string of the molecule is CCN(CC)C/C=C\c1ccccc1S(=O)(=O)N(F)C1(C(=O)O)C2COc3ccccc3C21. The second kappa shape index (κ2) is 8.89. The third-order valence-electron chi connectivity index (χ3n) is 6.60. The highest BCUT2D eigenvalue weighted by molar-refractivity contribution is 7.89. The number of carboxylic acids is 1. The van der Waals surface area contributed by atoms with E-state index in [4.69, 9.17) is 4.74 Å². The molecule has 3 unspecified atom stereocenters. The topological polar surface area (TPSA) is 87.2 Å². The standard InChI is InChI=1S/C24H27FN2O5S/c1-3-26(4-2)15-9-11-17-10-5-8-14-21(17)33(30,31)27(25)24(23(28)29)19-16-32-20-13-7-6-12-18(20)22(19)24/h5-14,19,22H,3-4,15-16H2,1-2H3,(H,28,29)/b11-9-. The quantitative estimate of drug-likeness (QED) is 0.560. The molecule has 0 radical (unpaired) electrons. The van der Waals surface area contributed by atoms with Crippen molar-refractivity contribution in [3.63, 3.8) is 0 Å². The second-order valence-corrected chi connectivity index (χ2v) is 9.92. The highest BCUT2D eigenvalue weighted by Crippen LogP contribution is 2.66. The van der Waals surface area contributed by atoms with Gasteiger partial charge in [0.15, 0.2) is 5.54 Å². The fourth-order valence-corrected chi connectivity index (χ4v) is 6.31. The summed E-state index contributed by atoms with van der Waals surface area (Å²) < 4.78 is 47.9. The normalized spacial score (nSPS) is 23.9. The molecule has 0 aromatic heterocycles. The summed E-state index contributed by atoms with van der Waals surface area (Å²) >= 11 is 0. The molecule has 0 amide bonds. The molecule has 2 aromatic rings. The molecule has 4 rings (SSSR count). The van der Waals surface area contributed by atoms with Crippen molar-refractivity contribution < 1.29 is 27.5 Å². The van der Waals surface area contributed by atoms with E-state index in [2.05, 4.69) is 4.90 Å². The van der Waals surface area contributed by atoms with Gasteiger partial charge in [-0.1, -0.05) is 62.4 Å². The van der Waals surface area contributed by atoms with E-state index in [1.165, 1.54) is 12.1 Å². The molecule has 2 aromatic carbocycles. The van der Waals surface area contributed by atoms with E-state index in [0.29, 0.717) is 23.4 Å². The van der Waals surface area contributed by atoms with Gasteiger partial charge in [0.05, 0.1) is 11.5 Å². The summed E-state index contributed by atoms with van der Waals surface area (Å²) in [5.74, 6) is -2.73. The number of rotatable bonds is 9. The number of nitrogens with zero attached hydrogens (tertiary/aromatic N) is 2. The van der Waals surface area contributed by atoms with Gasteiger partial charge < -0.3 is 14.7 Å². The smallest absolute Gasteiger partial charge is 0.329 e. The van der Waals surface area contributed by atoms with Gasteiger partial charge in [-0.3, -0.25) is 4.79 Å². The molecule has 1 saturated carbocycles. The minimum Gasteiger partial charge on any atom is -0.493 e. The summed E-state index contributed by atoms with van der Waals surface area (Å²) in [4.78, 5) is 14.2. The lowest BCUT2D eigenvalue weighted by Gasteiger charge is -2.22. The number of fused-ring (bicyclic) bond motifs is 3. The fourth-order valence-electron chi connectivity index (χ4n) is 4.73. The van der Waals surface area contributed by atoms with Gasteiger partial charge in [-0.25, -0.2) is 8.42 Å². The minimum atomic E-state index is -4.77. The lowest BCUT2D eigenvalue weighted by molar-refractivity contribution is -0.149. The number of para-hydroxylation sites is 1. The maximum absolute atomic E-state index is 15.9. The molecule has 0 saturated heterocycles. The van der Waals surface area contributed by atoms with E-state index in [1.54, 1.807) is 42.5 Å². The van der Waals surface area contributed by atoms with Crippen molar-refractivity contribution in [2.45, 2.75) is 30.2 Å². The predicted molar refractivity (Wildman–Crippen MR) is 122 cm³/mol. The summed E-state index contributed by atoms with van der Waals surface area (Å²) in [6, 6.07) is 12.8. The largest absolute Gasteiger partial charge is 0.493 e. The van der Waals surface area contributed by atoms with Crippen LogP contribution in [0.1, 0.15) is 30.9 Å². The van der Waals surface area contributed by atoms with Gasteiger partial charge in [-0.2, -0.15) is 0 Å². The third-order valence-corrected chi connectivity index (χ3v) is 8.25. The Hall–Kier alpha value is -2.75. The van der Waals surface area contributed by atoms with Crippen molar-refractivity contribution in [3.8, 4) is 5.75 Å². The van der Waals surface area contributed by atoms with Crippen molar-refractivity contribution >= 4 is 22.1 Å². The zero-order valence-corrected chi connectivity index (χ0v) is 19.3. The average Bonchev–Trinajstić information content (AvgIpc) is 3.52. The summed E-state index contributed by atoms with van der Waals surface area (Å²) in [5, 5.41) is 10.0. The number of carbonyl (C=O) groups is 1. The lowest BCUT2D eigenvalue weighted by atomic mass is 10.0. The first-order valence-electron chi connectivity index (χ1n) is 10.9. The first-order chi connectivity index (χ1) is 15.8. The Labute approximate surface area is 193 Å². The highest BCUT2D eigenvalue weighted by atomic mass is 32.2. The number of carboxylic acid groups (broad SMARTS) is 1. The molecule has 33 heavy (non-hydrogen) atoms. The maximum atomic E-state index is 15.9. The van der Waals surface area contributed by atoms with E-state index < -0.39 is 37.9 Å². The van der Waals surface area contributed by atoms with Crippen LogP contribution in [-0.4, -0.2) is 60.7 Å². The third kappa shape index (κ3) is 3.74. The molecule has 1 N–H and O–H groups in total. The fraction of sp³-hybridized carbons (Fsp3) is 0.375. The van der Waals surface area contributed by atoms with Gasteiger partial charge in [0.1, 0.15) is 5.75 Å². The van der Waals surface area contributed by atoms with Gasteiger partial charge in [0.2, 0.25) is 0 Å². The number of ether oxygens (including phenoxy) is 1. The van der Waals surface area contributed by atoms with Crippen LogP contribution in [0.5, 0.6) is 5.75 Å². The number of likely N-dealkylation sites (N-methyl/N-ethyl adjacent to an activating group) is 1. The first-order valence-corrected chi connectivity index (χ1v) is 12.4. The molecule has 7 nitrogen and oxygen atoms in total. The number of hydrogen-bond donors (Lipinski definition) is 1. The van der Waals surface area contributed by atoms with Crippen LogP contribution in [-0.2, 0) is 14.8 Å². The summed E-state index contributed by atoms with van der Waals surface area (Å²) in [6.07, 6.45) is 3.45. The number of hydrogen-bond acceptors (Lipinski definition) is 5. The Bertz CT molecular complexity index is 1180. The van der Waals surface area contributed by atoms with Crippen LogP contribution < -0.4 is 4.74 Å². The molecule has 1 fully saturated rings. The molecule has 9 heteroatoms. The number of sulfonamides is 1. The molecular weight excluding hydrogens is 447 g/mol. The van der Waals surface area contributed by atoms with E-state index in [9.17, 15) is 18.3 Å². The first kappa shape index (κ1) is 23.4. The number of benzene rings is 2. The van der Waals surface area contributed by atoms with Gasteiger partial charge >= 0.3 is 5.97 Å². The molecule has 2 aliphatic rings. The molecule has 1 heterocycles. The zero-order valence-electron chi connectivity index (χ0n) is 18.5. The van der Waals surface area contributed by atoms with E-state index >= 15 is 4.48 Å². The molecule has 176 valence electrons. The van der Waals surface area contributed by atoms with Crippen LogP contribution in [0.25, 0.3) is 6.08 Å². The van der Waals surface area contributed by atoms with Crippen molar-refractivity contribution in [3.05, 3.63) is 65.7 Å². The average molecular weight is 475 g/mol. The molecule has 1 aliphatic heterocycles. The van der Waals surface area contributed by atoms with E-state index in [-0.39, 0.29) is 11.5 Å². The maximum Gasteiger partial charge on any atom is 0.329 e. The van der Waals surface area contributed by atoms with Crippen LogP contribution >= 0.6 is 0 Å². The molecule has 0 bridgehead atoms. The van der Waals surface area contributed by atoms with Crippen molar-refractivity contribution in [2.75, 3.05) is 26.2 Å². The molecule has 1 aliphatic carbocycles. The Kier molecular flexibility index (Phi) is 6.30. The molecule has 3 atom stereocenters. The van der Waals surface area contributed by atoms with Gasteiger partial charge in [0.25, 0.3) is 10.0 Å². The van der Waals surface area contributed by atoms with Gasteiger partial charge in [-0.05, 0) is 35.3 Å².